The largest absolute Gasteiger partial charge is 0.481 e. The van der Waals surface area contributed by atoms with E-state index in [-0.39, 0.29) is 19.4 Å². The van der Waals surface area contributed by atoms with Crippen LogP contribution in [0.3, 0.4) is 0 Å². The maximum absolute atomic E-state index is 11.5. The molecular formula is C19H29NO6. The lowest BCUT2D eigenvalue weighted by Crippen LogP contribution is -2.34. The summed E-state index contributed by atoms with van der Waals surface area (Å²) >= 11 is 0. The summed E-state index contributed by atoms with van der Waals surface area (Å²) in [5.74, 6) is -0.819. The van der Waals surface area contributed by atoms with Crippen molar-refractivity contribution in [1.82, 2.24) is 5.32 Å². The Hall–Kier alpha value is -2.12. The molecule has 1 aromatic carbocycles. The number of amides is 1. The average molecular weight is 367 g/mol. The minimum atomic E-state index is -1.07. The quantitative estimate of drug-likeness (QED) is 0.533. The molecule has 1 amide bonds. The molecule has 0 radical (unpaired) electrons. The number of hydrogen-bond acceptors (Lipinski definition) is 5. The van der Waals surface area contributed by atoms with Crippen LogP contribution in [0.2, 0.25) is 0 Å². The number of ether oxygens (including phenoxy) is 1. The van der Waals surface area contributed by atoms with E-state index in [0.717, 1.165) is 5.56 Å². The fourth-order valence-corrected chi connectivity index (χ4v) is 2.34. The lowest BCUT2D eigenvalue weighted by Gasteiger charge is -2.21. The maximum atomic E-state index is 11.5. The van der Waals surface area contributed by atoms with Crippen LogP contribution in [-0.2, 0) is 16.0 Å². The van der Waals surface area contributed by atoms with E-state index in [1.165, 1.54) is 0 Å². The van der Waals surface area contributed by atoms with E-state index < -0.39 is 29.9 Å². The molecule has 1 aromatic rings. The summed E-state index contributed by atoms with van der Waals surface area (Å²) in [6.07, 6.45) is -1.16. The zero-order valence-electron chi connectivity index (χ0n) is 15.6. The molecule has 146 valence electrons. The lowest BCUT2D eigenvalue weighted by atomic mass is 9.99. The van der Waals surface area contributed by atoms with Gasteiger partial charge in [0.25, 0.3) is 0 Å². The van der Waals surface area contributed by atoms with Gasteiger partial charge in [0.15, 0.2) is 0 Å². The summed E-state index contributed by atoms with van der Waals surface area (Å²) in [6.45, 7) is 5.46. The van der Waals surface area contributed by atoms with Gasteiger partial charge in [-0.25, -0.2) is 4.79 Å². The molecular weight excluding hydrogens is 338 g/mol. The van der Waals surface area contributed by atoms with Crippen molar-refractivity contribution in [1.29, 1.82) is 0 Å². The Morgan fingerprint density at radius 2 is 1.77 bits per heavy atom. The van der Waals surface area contributed by atoms with Crippen molar-refractivity contribution in [3.63, 3.8) is 0 Å². The SMILES string of the molecule is CC(C)(C)OC(=O)NCCC(O)C(O)c1ccc(CCCC(=O)O)cc1. The number of alkyl carbamates (subject to hydrolysis) is 1. The van der Waals surface area contributed by atoms with E-state index in [1.54, 1.807) is 32.9 Å². The molecule has 4 N–H and O–H groups in total. The highest BCUT2D eigenvalue weighted by Gasteiger charge is 2.20. The molecule has 0 aliphatic carbocycles. The Bertz CT molecular complexity index is 579. The van der Waals surface area contributed by atoms with Crippen molar-refractivity contribution in [2.75, 3.05) is 6.54 Å². The highest BCUT2D eigenvalue weighted by molar-refractivity contribution is 5.67. The number of rotatable bonds is 9. The summed E-state index contributed by atoms with van der Waals surface area (Å²) < 4.78 is 5.09. The summed E-state index contributed by atoms with van der Waals surface area (Å²) in [7, 11) is 0. The number of carbonyl (C=O) groups excluding carboxylic acids is 1. The molecule has 0 aromatic heterocycles. The third-order valence-corrected chi connectivity index (χ3v) is 3.65. The molecule has 2 atom stereocenters. The van der Waals surface area contributed by atoms with Crippen molar-refractivity contribution >= 4 is 12.1 Å². The lowest BCUT2D eigenvalue weighted by molar-refractivity contribution is -0.137. The molecule has 0 aliphatic rings. The van der Waals surface area contributed by atoms with Gasteiger partial charge in [-0.15, -0.1) is 0 Å². The molecule has 0 spiro atoms. The van der Waals surface area contributed by atoms with Crippen molar-refractivity contribution in [3.05, 3.63) is 35.4 Å². The topological polar surface area (TPSA) is 116 Å². The van der Waals surface area contributed by atoms with Gasteiger partial charge in [0.05, 0.1) is 6.10 Å². The predicted octanol–water partition coefficient (Wildman–Crippen LogP) is 2.40. The molecule has 0 aliphatic heterocycles. The monoisotopic (exact) mass is 367 g/mol. The number of carboxylic acids is 1. The van der Waals surface area contributed by atoms with E-state index in [1.807, 2.05) is 12.1 Å². The van der Waals surface area contributed by atoms with Gasteiger partial charge in [-0.2, -0.15) is 0 Å². The van der Waals surface area contributed by atoms with Crippen LogP contribution in [0.5, 0.6) is 0 Å². The Morgan fingerprint density at radius 3 is 2.31 bits per heavy atom. The predicted molar refractivity (Wildman–Crippen MR) is 96.8 cm³/mol. The van der Waals surface area contributed by atoms with E-state index in [0.29, 0.717) is 18.4 Å². The Kier molecular flexibility index (Phi) is 8.54. The molecule has 0 saturated heterocycles. The highest BCUT2D eigenvalue weighted by atomic mass is 16.6. The van der Waals surface area contributed by atoms with Gasteiger partial charge in [0.2, 0.25) is 0 Å². The maximum Gasteiger partial charge on any atom is 0.407 e. The van der Waals surface area contributed by atoms with Gasteiger partial charge < -0.3 is 25.4 Å². The van der Waals surface area contributed by atoms with Crippen LogP contribution >= 0.6 is 0 Å². The zero-order valence-corrected chi connectivity index (χ0v) is 15.6. The molecule has 7 heteroatoms. The standard InChI is InChI=1S/C19H29NO6/c1-19(2,3)26-18(25)20-12-11-15(21)17(24)14-9-7-13(8-10-14)5-4-6-16(22)23/h7-10,15,17,21,24H,4-6,11-12H2,1-3H3,(H,20,25)(H,22,23). The van der Waals surface area contributed by atoms with E-state index in [9.17, 15) is 19.8 Å². The van der Waals surface area contributed by atoms with E-state index in [2.05, 4.69) is 5.32 Å². The summed E-state index contributed by atoms with van der Waals surface area (Å²) in [6, 6.07) is 7.05. The Balaban J connectivity index is 2.41. The molecule has 2 unspecified atom stereocenters. The first-order valence-corrected chi connectivity index (χ1v) is 8.72. The molecule has 26 heavy (non-hydrogen) atoms. The smallest absolute Gasteiger partial charge is 0.407 e. The Morgan fingerprint density at radius 1 is 1.15 bits per heavy atom. The van der Waals surface area contributed by atoms with Gasteiger partial charge in [-0.05, 0) is 51.2 Å². The molecule has 0 saturated carbocycles. The number of benzene rings is 1. The van der Waals surface area contributed by atoms with Crippen LogP contribution < -0.4 is 5.32 Å². The number of aliphatic hydroxyl groups excluding tert-OH is 2. The van der Waals surface area contributed by atoms with E-state index >= 15 is 0 Å². The molecule has 7 nitrogen and oxygen atoms in total. The fourth-order valence-electron chi connectivity index (χ4n) is 2.34. The second kappa shape index (κ2) is 10.1. The summed E-state index contributed by atoms with van der Waals surface area (Å²) in [5.41, 5.74) is 0.953. The summed E-state index contributed by atoms with van der Waals surface area (Å²) in [4.78, 5) is 22.0. The number of carboxylic acid groups (broad SMARTS) is 1. The van der Waals surface area contributed by atoms with Crippen LogP contribution in [0.15, 0.2) is 24.3 Å². The van der Waals surface area contributed by atoms with Gasteiger partial charge in [0, 0.05) is 13.0 Å². The number of carbonyl (C=O) groups is 2. The van der Waals surface area contributed by atoms with Crippen molar-refractivity contribution in [2.24, 2.45) is 0 Å². The number of aliphatic carboxylic acids is 1. The molecule has 1 rings (SSSR count). The number of aryl methyl sites for hydroxylation is 1. The van der Waals surface area contributed by atoms with Crippen LogP contribution in [0.4, 0.5) is 4.79 Å². The van der Waals surface area contributed by atoms with Gasteiger partial charge in [-0.3, -0.25) is 4.79 Å². The van der Waals surface area contributed by atoms with Crippen LogP contribution in [0.1, 0.15) is 57.3 Å². The first kappa shape index (κ1) is 21.9. The van der Waals surface area contributed by atoms with Gasteiger partial charge in [-0.1, -0.05) is 24.3 Å². The van der Waals surface area contributed by atoms with Crippen LogP contribution in [0, 0.1) is 0 Å². The summed E-state index contributed by atoms with van der Waals surface area (Å²) in [5, 5.41) is 31.5. The average Bonchev–Trinajstić information content (AvgIpc) is 2.52. The third kappa shape index (κ3) is 8.82. The van der Waals surface area contributed by atoms with Gasteiger partial charge in [0.1, 0.15) is 11.7 Å². The minimum Gasteiger partial charge on any atom is -0.481 e. The van der Waals surface area contributed by atoms with Crippen LogP contribution in [-0.4, -0.2) is 45.6 Å². The first-order valence-electron chi connectivity index (χ1n) is 8.72. The number of aliphatic hydroxyl groups is 2. The molecule has 0 fully saturated rings. The van der Waals surface area contributed by atoms with Crippen molar-refractivity contribution in [2.45, 2.75) is 64.3 Å². The molecule has 0 heterocycles. The normalized spacial score (nSPS) is 13.7. The van der Waals surface area contributed by atoms with Crippen LogP contribution in [0.25, 0.3) is 0 Å². The highest BCUT2D eigenvalue weighted by Crippen LogP contribution is 2.20. The zero-order chi connectivity index (χ0) is 19.7. The molecule has 0 bridgehead atoms. The van der Waals surface area contributed by atoms with Crippen molar-refractivity contribution < 1.29 is 29.6 Å². The second-order valence-electron chi connectivity index (χ2n) is 7.22. The second-order valence-corrected chi connectivity index (χ2v) is 7.22. The van der Waals surface area contributed by atoms with Crippen molar-refractivity contribution in [3.8, 4) is 0 Å². The fraction of sp³-hybridized carbons (Fsp3) is 0.579. The van der Waals surface area contributed by atoms with Gasteiger partial charge >= 0.3 is 12.1 Å². The Labute approximate surface area is 154 Å². The van der Waals surface area contributed by atoms with E-state index in [4.69, 9.17) is 9.84 Å². The number of nitrogens with one attached hydrogen (secondary N) is 1. The first-order chi connectivity index (χ1) is 12.1. The minimum absolute atomic E-state index is 0.119. The third-order valence-electron chi connectivity index (χ3n) is 3.65. The number of hydrogen-bond donors (Lipinski definition) is 4.